The number of nitrogens with one attached hydrogen (secondary N) is 1. The number of carbonyl (C=O) groups is 1. The lowest BCUT2D eigenvalue weighted by molar-refractivity contribution is -0.122. The van der Waals surface area contributed by atoms with Crippen molar-refractivity contribution in [3.05, 3.63) is 78.0 Å². The standard InChI is InChI=1S/C31H29F2N9O2/c1-39-26-6-3-10-34-31(43)27-14-21(44-20-5-2-4-19(13-20)40-11-9-24(38-39)28(26)40)16-41(27)29-22-15-37-42(30(22)36-17-35-29)25-8-7-18(32)12-23(25)33/h2,4-5,7-8,12-13,15,17,21,27H,3,6,9-11,14,16H2,1H3,(H,34,43)/t21-,27-/m0/s1. The predicted molar refractivity (Wildman–Crippen MR) is 158 cm³/mol. The highest BCUT2D eigenvalue weighted by atomic mass is 19.1. The van der Waals surface area contributed by atoms with Crippen LogP contribution in [0.1, 0.15) is 24.2 Å². The molecule has 1 amide bonds. The van der Waals surface area contributed by atoms with Crippen LogP contribution in [0.15, 0.2) is 55.0 Å². The molecule has 11 nitrogen and oxygen atoms in total. The Bertz CT molecular complexity index is 1920. The highest BCUT2D eigenvalue weighted by molar-refractivity contribution is 5.92. The minimum Gasteiger partial charge on any atom is -0.488 e. The van der Waals surface area contributed by atoms with Crippen molar-refractivity contribution >= 4 is 34.1 Å². The third-order valence-corrected chi connectivity index (χ3v) is 8.69. The topological polar surface area (TPSA) is 106 Å². The second-order valence-corrected chi connectivity index (χ2v) is 11.4. The number of aromatic nitrogens is 6. The van der Waals surface area contributed by atoms with Gasteiger partial charge in [0.2, 0.25) is 5.91 Å². The number of benzene rings is 2. The second-order valence-electron chi connectivity index (χ2n) is 11.4. The summed E-state index contributed by atoms with van der Waals surface area (Å²) in [4.78, 5) is 26.8. The first-order valence-corrected chi connectivity index (χ1v) is 14.7. The van der Waals surface area contributed by atoms with Crippen LogP contribution in [-0.4, -0.2) is 67.2 Å². The monoisotopic (exact) mass is 597 g/mol. The molecule has 3 aromatic heterocycles. The van der Waals surface area contributed by atoms with Gasteiger partial charge >= 0.3 is 0 Å². The van der Waals surface area contributed by atoms with Gasteiger partial charge in [-0.25, -0.2) is 23.4 Å². The molecule has 0 saturated carbocycles. The van der Waals surface area contributed by atoms with E-state index in [1.54, 1.807) is 6.20 Å². The number of hydrogen-bond donors (Lipinski definition) is 1. The number of rotatable bonds is 2. The lowest BCUT2D eigenvalue weighted by Gasteiger charge is -2.25. The number of aryl methyl sites for hydroxylation is 1. The van der Waals surface area contributed by atoms with Gasteiger partial charge in [0.15, 0.2) is 11.5 Å². The Hall–Kier alpha value is -5.07. The first kappa shape index (κ1) is 26.5. The number of nitrogens with zero attached hydrogens (tertiary/aromatic N) is 8. The number of carbonyl (C=O) groups excluding carboxylic acids is 1. The number of anilines is 3. The number of fused-ring (bicyclic) bond motifs is 6. The van der Waals surface area contributed by atoms with Crippen LogP contribution in [0.5, 0.6) is 5.75 Å². The zero-order valence-corrected chi connectivity index (χ0v) is 24.0. The van der Waals surface area contributed by atoms with Crippen LogP contribution in [0, 0.1) is 11.6 Å². The Balaban J connectivity index is 1.15. The second kappa shape index (κ2) is 10.3. The van der Waals surface area contributed by atoms with E-state index in [0.29, 0.717) is 36.4 Å². The maximum Gasteiger partial charge on any atom is 0.242 e. The largest absolute Gasteiger partial charge is 0.488 e. The summed E-state index contributed by atoms with van der Waals surface area (Å²) >= 11 is 0. The Morgan fingerprint density at radius 3 is 2.89 bits per heavy atom. The highest BCUT2D eigenvalue weighted by Crippen LogP contribution is 2.39. The normalized spacial score (nSPS) is 19.8. The van der Waals surface area contributed by atoms with Crippen molar-refractivity contribution in [2.45, 2.75) is 37.8 Å². The van der Waals surface area contributed by atoms with E-state index < -0.39 is 17.7 Å². The number of hydrogen-bond acceptors (Lipinski definition) is 8. The maximum absolute atomic E-state index is 14.7. The highest BCUT2D eigenvalue weighted by Gasteiger charge is 2.40. The van der Waals surface area contributed by atoms with Crippen LogP contribution in [-0.2, 0) is 24.7 Å². The molecule has 5 aromatic rings. The van der Waals surface area contributed by atoms with Crippen LogP contribution in [0.25, 0.3) is 16.7 Å². The van der Waals surface area contributed by atoms with Crippen molar-refractivity contribution in [3.63, 3.8) is 0 Å². The number of halogens is 2. The van der Waals surface area contributed by atoms with E-state index in [0.717, 1.165) is 60.4 Å². The van der Waals surface area contributed by atoms with Gasteiger partial charge in [-0.15, -0.1) is 0 Å². The van der Waals surface area contributed by atoms with Crippen molar-refractivity contribution in [1.29, 1.82) is 0 Å². The molecule has 6 heterocycles. The van der Waals surface area contributed by atoms with E-state index in [1.165, 1.54) is 23.1 Å². The molecule has 44 heavy (non-hydrogen) atoms. The summed E-state index contributed by atoms with van der Waals surface area (Å²) in [6, 6.07) is 10.8. The van der Waals surface area contributed by atoms with Crippen molar-refractivity contribution in [2.75, 3.05) is 29.4 Å². The van der Waals surface area contributed by atoms with Crippen molar-refractivity contribution in [1.82, 2.24) is 34.8 Å². The Morgan fingerprint density at radius 1 is 1.09 bits per heavy atom. The molecule has 4 bridgehead atoms. The lowest BCUT2D eigenvalue weighted by atomic mass is 10.1. The average molecular weight is 598 g/mol. The van der Waals surface area contributed by atoms with Crippen LogP contribution >= 0.6 is 0 Å². The van der Waals surface area contributed by atoms with Gasteiger partial charge < -0.3 is 19.9 Å². The minimum absolute atomic E-state index is 0.0611. The van der Waals surface area contributed by atoms with E-state index >= 15 is 0 Å². The Kier molecular flexibility index (Phi) is 6.20. The molecule has 3 aliphatic heterocycles. The molecule has 8 rings (SSSR count). The minimum atomic E-state index is -0.763. The molecule has 0 radical (unpaired) electrons. The average Bonchev–Trinajstić information content (AvgIpc) is 3.79. The molecule has 0 aliphatic carbocycles. The zero-order valence-electron chi connectivity index (χ0n) is 24.0. The van der Waals surface area contributed by atoms with Gasteiger partial charge in [0.05, 0.1) is 35.2 Å². The van der Waals surface area contributed by atoms with Crippen LogP contribution < -0.4 is 19.9 Å². The SMILES string of the molecule is Cn1nc2c3c1CCCNC(=O)[C@@H]1C[C@@H](CN1c1ncnc4c1cnn4-c1ccc(F)cc1F)Oc1cccc(c1)N3CC2. The van der Waals surface area contributed by atoms with Gasteiger partial charge in [0, 0.05) is 50.8 Å². The molecule has 0 unspecified atom stereocenters. The summed E-state index contributed by atoms with van der Waals surface area (Å²) in [5, 5.41) is 12.8. The number of amides is 1. The summed E-state index contributed by atoms with van der Waals surface area (Å²) in [6.45, 7) is 1.75. The number of ether oxygens (including phenoxy) is 1. The summed E-state index contributed by atoms with van der Waals surface area (Å²) in [7, 11) is 1.98. The molecule has 13 heteroatoms. The molecule has 2 aromatic carbocycles. The zero-order chi connectivity index (χ0) is 29.9. The van der Waals surface area contributed by atoms with Gasteiger partial charge in [-0.05, 0) is 37.1 Å². The van der Waals surface area contributed by atoms with E-state index in [-0.39, 0.29) is 17.7 Å². The van der Waals surface area contributed by atoms with Gasteiger partial charge in [-0.3, -0.25) is 9.48 Å². The van der Waals surface area contributed by atoms with E-state index in [1.807, 2.05) is 34.8 Å². The maximum atomic E-state index is 14.7. The van der Waals surface area contributed by atoms with Gasteiger partial charge in [-0.1, -0.05) is 6.07 Å². The fourth-order valence-electron chi connectivity index (χ4n) is 6.71. The summed E-state index contributed by atoms with van der Waals surface area (Å²) in [5.41, 5.74) is 4.85. The molecule has 0 spiro atoms. The van der Waals surface area contributed by atoms with Crippen molar-refractivity contribution < 1.29 is 18.3 Å². The van der Waals surface area contributed by atoms with Crippen LogP contribution in [0.3, 0.4) is 0 Å². The summed E-state index contributed by atoms with van der Waals surface area (Å²) in [6.07, 6.45) is 5.46. The fraction of sp³-hybridized carbons (Fsp3) is 0.323. The molecule has 1 fully saturated rings. The quantitative estimate of drug-likeness (QED) is 0.329. The third kappa shape index (κ3) is 4.33. The van der Waals surface area contributed by atoms with E-state index in [2.05, 4.69) is 31.3 Å². The molecule has 224 valence electrons. The van der Waals surface area contributed by atoms with Gasteiger partial charge in [0.25, 0.3) is 0 Å². The Labute approximate surface area is 251 Å². The molecule has 1 saturated heterocycles. The smallest absolute Gasteiger partial charge is 0.242 e. The van der Waals surface area contributed by atoms with Gasteiger partial charge in [-0.2, -0.15) is 10.2 Å². The molecular formula is C31H29F2N9O2. The van der Waals surface area contributed by atoms with Gasteiger partial charge in [0.1, 0.15) is 41.5 Å². The van der Waals surface area contributed by atoms with Crippen LogP contribution in [0.2, 0.25) is 0 Å². The van der Waals surface area contributed by atoms with E-state index in [4.69, 9.17) is 9.84 Å². The van der Waals surface area contributed by atoms with Crippen molar-refractivity contribution in [2.24, 2.45) is 7.05 Å². The predicted octanol–water partition coefficient (Wildman–Crippen LogP) is 3.61. The molecule has 1 N–H and O–H groups in total. The molecule has 2 atom stereocenters. The van der Waals surface area contributed by atoms with Crippen molar-refractivity contribution in [3.8, 4) is 11.4 Å². The van der Waals surface area contributed by atoms with Crippen LogP contribution in [0.4, 0.5) is 26.0 Å². The first-order valence-electron chi connectivity index (χ1n) is 14.7. The molecule has 3 aliphatic rings. The Morgan fingerprint density at radius 2 is 2.00 bits per heavy atom. The summed E-state index contributed by atoms with van der Waals surface area (Å²) in [5.74, 6) is -0.359. The fourth-order valence-corrected chi connectivity index (χ4v) is 6.71. The molecular weight excluding hydrogens is 568 g/mol. The lowest BCUT2D eigenvalue weighted by Crippen LogP contribution is -2.44. The van der Waals surface area contributed by atoms with E-state index in [9.17, 15) is 13.6 Å². The summed E-state index contributed by atoms with van der Waals surface area (Å²) < 4.78 is 38.1. The third-order valence-electron chi connectivity index (χ3n) is 8.69. The first-order chi connectivity index (χ1) is 21.4.